The van der Waals surface area contributed by atoms with Crippen LogP contribution in [0.2, 0.25) is 0 Å². The fourth-order valence-corrected chi connectivity index (χ4v) is 8.20. The van der Waals surface area contributed by atoms with Crippen LogP contribution in [0.1, 0.15) is 89.0 Å². The summed E-state index contributed by atoms with van der Waals surface area (Å²) in [5, 5.41) is 185. The Morgan fingerprint density at radius 1 is 0.244 bits per heavy atom. The van der Waals surface area contributed by atoms with Crippen LogP contribution in [-0.4, -0.2) is 102 Å². The Morgan fingerprint density at radius 3 is 0.833 bits per heavy atom. The predicted octanol–water partition coefficient (Wildman–Crippen LogP) is 3.51. The van der Waals surface area contributed by atoms with Crippen molar-refractivity contribution in [1.29, 1.82) is 0 Å². The first kappa shape index (κ1) is 65.1. The summed E-state index contributed by atoms with van der Waals surface area (Å²) < 4.78 is 0. The average molecular weight is 1090 g/mol. The number of rotatable bonds is 16. The Kier molecular flexibility index (Phi) is 27.1. The van der Waals surface area contributed by atoms with E-state index in [0.717, 1.165) is 16.7 Å². The molecule has 0 saturated carbocycles. The smallest absolute Gasteiger partial charge is 0.128 e. The number of hydrogen-bond acceptors (Lipinski definition) is 20. The normalized spacial score (nSPS) is 10.6. The van der Waals surface area contributed by atoms with E-state index in [4.69, 9.17) is 66.4 Å². The van der Waals surface area contributed by atoms with Crippen molar-refractivity contribution in [2.75, 3.05) is 0 Å². The fraction of sp³-hybridized carbons (Fsp3) is 0.276. The van der Waals surface area contributed by atoms with Crippen molar-refractivity contribution in [2.24, 2.45) is 0 Å². The lowest BCUT2D eigenvalue weighted by Crippen LogP contribution is -2.04. The van der Waals surface area contributed by atoms with Crippen LogP contribution in [0.3, 0.4) is 0 Å². The van der Waals surface area contributed by atoms with Crippen LogP contribution in [0.5, 0.6) is 34.5 Å². The van der Waals surface area contributed by atoms with Gasteiger partial charge in [0.25, 0.3) is 0 Å². The highest BCUT2D eigenvalue weighted by molar-refractivity contribution is 5.73. The molecule has 0 bridgehead atoms. The Labute approximate surface area is 450 Å². The van der Waals surface area contributed by atoms with Crippen LogP contribution in [0.25, 0.3) is 22.3 Å². The molecule has 7 rings (SSSR count). The van der Waals surface area contributed by atoms with Gasteiger partial charge >= 0.3 is 0 Å². The standard InChI is InChI=1S/2C14H14O3.C11H16O4.C10H14O6.C9H12O4/c15-8-10-6-12(9-16)14(17)13(7-10)11-4-2-1-3-5-11;15-8-12-6-11(7-13(9-16)14(12)17)10-4-2-1-3-5-10;1-6-8(3-12)7(2)10(5-14)11(15)9(6)4-13;11-1-5-6(2-12)10(16)8(4-14)7(3-13)9(5)15;10-3-6-1-7(4-11)9(13)8(2-6)5-12/h2*1-7,15-17H,8-9H2;12-15H,3-5H2,1-2H3;11-16H,1-4H2;1-2,10-13H,3-5H2. The maximum atomic E-state index is 10.0. The highest BCUT2D eigenvalue weighted by Gasteiger charge is 2.22. The van der Waals surface area contributed by atoms with Gasteiger partial charge in [-0.05, 0) is 94.8 Å². The van der Waals surface area contributed by atoms with Crippen molar-refractivity contribution in [3.05, 3.63) is 186 Å². The molecule has 0 unspecified atom stereocenters. The van der Waals surface area contributed by atoms with Crippen LogP contribution in [0, 0.1) is 13.8 Å². The SMILES string of the molecule is Cc1c(CO)c(C)c(CO)c(O)c1CO.OCc1c(O)c(CO)c(CO)c(O)c1CO.OCc1cc(-c2ccccc2)cc(CO)c1O.OCc1cc(CO)c(O)c(-c2ccccc2)c1.OCc1cc(CO)c(O)c(CO)c1. The van der Waals surface area contributed by atoms with Crippen molar-refractivity contribution in [3.8, 4) is 56.8 Å². The van der Waals surface area contributed by atoms with E-state index >= 15 is 0 Å². The molecule has 7 aromatic rings. The van der Waals surface area contributed by atoms with Gasteiger partial charge in [-0.3, -0.25) is 0 Å². The second-order valence-corrected chi connectivity index (χ2v) is 17.1. The molecule has 20 heteroatoms. The number of benzene rings is 7. The van der Waals surface area contributed by atoms with E-state index in [-0.39, 0.29) is 111 Å². The lowest BCUT2D eigenvalue weighted by atomic mass is 9.92. The van der Waals surface area contributed by atoms with Crippen LogP contribution in [-0.2, 0) is 92.5 Å². The zero-order chi connectivity index (χ0) is 58.2. The summed E-state index contributed by atoms with van der Waals surface area (Å²) in [6.07, 6.45) is 0. The van der Waals surface area contributed by atoms with Gasteiger partial charge in [0, 0.05) is 66.8 Å². The molecular formula is C58H70O20. The Hall–Kier alpha value is -7.22. The van der Waals surface area contributed by atoms with Gasteiger partial charge in [0.15, 0.2) is 0 Å². The molecule has 0 aliphatic rings. The molecule has 0 aliphatic carbocycles. The van der Waals surface area contributed by atoms with E-state index < -0.39 is 37.9 Å². The van der Waals surface area contributed by atoms with E-state index in [9.17, 15) is 35.7 Å². The van der Waals surface area contributed by atoms with Crippen molar-refractivity contribution in [3.63, 3.8) is 0 Å². The number of aromatic hydroxyl groups is 6. The number of aliphatic hydroxyl groups excluding tert-OH is 14. The first-order chi connectivity index (χ1) is 37.4. The van der Waals surface area contributed by atoms with Gasteiger partial charge in [-0.2, -0.15) is 0 Å². The van der Waals surface area contributed by atoms with Gasteiger partial charge in [0.05, 0.1) is 92.5 Å². The van der Waals surface area contributed by atoms with Gasteiger partial charge < -0.3 is 102 Å². The summed E-state index contributed by atoms with van der Waals surface area (Å²) in [5.74, 6) is -0.994. The maximum Gasteiger partial charge on any atom is 0.128 e. The van der Waals surface area contributed by atoms with Crippen LogP contribution in [0.15, 0.2) is 97.1 Å². The molecule has 0 aromatic heterocycles. The van der Waals surface area contributed by atoms with E-state index in [0.29, 0.717) is 72.3 Å². The molecule has 78 heavy (non-hydrogen) atoms. The molecule has 0 heterocycles. The summed E-state index contributed by atoms with van der Waals surface area (Å²) in [4.78, 5) is 0. The lowest BCUT2D eigenvalue weighted by molar-refractivity contribution is 0.233. The van der Waals surface area contributed by atoms with Crippen molar-refractivity contribution >= 4 is 0 Å². The van der Waals surface area contributed by atoms with E-state index in [1.807, 2.05) is 60.7 Å². The third-order valence-electron chi connectivity index (χ3n) is 12.6. The molecule has 0 fully saturated rings. The molecule has 0 spiro atoms. The van der Waals surface area contributed by atoms with Gasteiger partial charge in [-0.15, -0.1) is 0 Å². The highest BCUT2D eigenvalue weighted by atomic mass is 16.3. The van der Waals surface area contributed by atoms with Gasteiger partial charge in [-0.1, -0.05) is 60.7 Å². The Balaban J connectivity index is 0.000000257. The quantitative estimate of drug-likeness (QED) is 0.0616. The minimum Gasteiger partial charge on any atom is -0.507 e. The van der Waals surface area contributed by atoms with E-state index in [1.165, 1.54) is 12.1 Å². The van der Waals surface area contributed by atoms with Crippen LogP contribution in [0.4, 0.5) is 0 Å². The molecule has 7 aromatic carbocycles. The first-order valence-electron chi connectivity index (χ1n) is 24.0. The van der Waals surface area contributed by atoms with Gasteiger partial charge in [-0.25, -0.2) is 0 Å². The summed E-state index contributed by atoms with van der Waals surface area (Å²) in [5.41, 5.74) is 9.00. The van der Waals surface area contributed by atoms with Gasteiger partial charge in [0.2, 0.25) is 0 Å². The third-order valence-corrected chi connectivity index (χ3v) is 12.6. The van der Waals surface area contributed by atoms with E-state index in [1.54, 1.807) is 38.1 Å². The molecule has 0 amide bonds. The van der Waals surface area contributed by atoms with E-state index in [2.05, 4.69) is 0 Å². The molecule has 20 N–H and O–H groups in total. The minimum absolute atomic E-state index is 0.0327. The fourth-order valence-electron chi connectivity index (χ4n) is 8.20. The predicted molar refractivity (Wildman–Crippen MR) is 285 cm³/mol. The lowest BCUT2D eigenvalue weighted by Gasteiger charge is -2.17. The Bertz CT molecular complexity index is 2800. The molecule has 0 radical (unpaired) electrons. The highest BCUT2D eigenvalue weighted by Crippen LogP contribution is 2.39. The topological polar surface area (TPSA) is 405 Å². The summed E-state index contributed by atoms with van der Waals surface area (Å²) in [7, 11) is 0. The summed E-state index contributed by atoms with van der Waals surface area (Å²) in [6.45, 7) is -1.36. The zero-order valence-electron chi connectivity index (χ0n) is 43.1. The average Bonchev–Trinajstić information content (AvgIpc) is 3.48. The van der Waals surface area contributed by atoms with Crippen molar-refractivity contribution < 1.29 is 102 Å². The first-order valence-corrected chi connectivity index (χ1v) is 24.0. The molecule has 20 nitrogen and oxygen atoms in total. The molecule has 0 atom stereocenters. The van der Waals surface area contributed by atoms with Crippen molar-refractivity contribution in [2.45, 2.75) is 106 Å². The molecule has 422 valence electrons. The third kappa shape index (κ3) is 15.9. The van der Waals surface area contributed by atoms with Crippen molar-refractivity contribution in [1.82, 2.24) is 0 Å². The number of aliphatic hydroxyl groups is 14. The minimum atomic E-state index is -0.589. The molecule has 0 saturated heterocycles. The maximum absolute atomic E-state index is 10.0. The second-order valence-electron chi connectivity index (χ2n) is 17.1. The monoisotopic (exact) mass is 1090 g/mol. The largest absolute Gasteiger partial charge is 0.507 e. The summed E-state index contributed by atoms with van der Waals surface area (Å²) >= 11 is 0. The Morgan fingerprint density at radius 2 is 0.526 bits per heavy atom. The molecule has 0 aliphatic heterocycles. The van der Waals surface area contributed by atoms with Gasteiger partial charge in [0.1, 0.15) is 34.5 Å². The number of phenols is 6. The second kappa shape index (κ2) is 32.5. The number of hydrogen-bond donors (Lipinski definition) is 20. The van der Waals surface area contributed by atoms with Crippen LogP contribution < -0.4 is 0 Å². The molecular weight excluding hydrogens is 1020 g/mol. The summed E-state index contributed by atoms with van der Waals surface area (Å²) in [6, 6.07) is 28.8. The zero-order valence-corrected chi connectivity index (χ0v) is 43.1. The van der Waals surface area contributed by atoms with Crippen LogP contribution >= 0.6 is 0 Å².